The maximum Gasteiger partial charge on any atom is 0.275 e. The molecule has 4 nitrogen and oxygen atoms in total. The van der Waals surface area contributed by atoms with Gasteiger partial charge in [-0.2, -0.15) is 0 Å². The molecule has 0 unspecified atom stereocenters. The molecule has 1 N–H and O–H groups in total. The summed E-state index contributed by atoms with van der Waals surface area (Å²) in [6.45, 7) is 0. The summed E-state index contributed by atoms with van der Waals surface area (Å²) in [6, 6.07) is 13.5. The minimum Gasteiger partial charge on any atom is -0.319 e. The lowest BCUT2D eigenvalue weighted by molar-refractivity contribution is 0.628. The number of fused-ring (bicyclic) bond motifs is 3. The van der Waals surface area contributed by atoms with Crippen molar-refractivity contribution in [1.82, 2.24) is 14.4 Å². The minimum atomic E-state index is -0.318. The molecule has 5 heteroatoms. The number of imidazole rings is 1. The molecule has 2 aromatic heterocycles. The molecule has 4 aromatic rings. The molecule has 0 spiro atoms. The fourth-order valence-corrected chi connectivity index (χ4v) is 2.54. The van der Waals surface area contributed by atoms with Crippen LogP contribution in [0.2, 0.25) is 0 Å². The summed E-state index contributed by atoms with van der Waals surface area (Å²) < 4.78 is 14.8. The van der Waals surface area contributed by atoms with E-state index in [2.05, 4.69) is 9.97 Å². The Balaban J connectivity index is 2.11. The molecule has 4 rings (SSSR count). The Morgan fingerprint density at radius 2 is 1.81 bits per heavy atom. The molecule has 0 atom stereocenters. The minimum absolute atomic E-state index is 0.217. The zero-order valence-electron chi connectivity index (χ0n) is 10.9. The molecule has 0 bridgehead atoms. The van der Waals surface area contributed by atoms with E-state index in [1.54, 1.807) is 22.9 Å². The summed E-state index contributed by atoms with van der Waals surface area (Å²) in [5.41, 5.74) is 3.11. The quantitative estimate of drug-likeness (QED) is 0.582. The Bertz CT molecular complexity index is 1020. The lowest BCUT2D eigenvalue weighted by Crippen LogP contribution is -2.10. The van der Waals surface area contributed by atoms with Crippen LogP contribution >= 0.6 is 0 Å². The molecule has 102 valence electrons. The van der Waals surface area contributed by atoms with Gasteiger partial charge >= 0.3 is 0 Å². The second kappa shape index (κ2) is 4.28. The number of aromatic amines is 1. The van der Waals surface area contributed by atoms with Crippen molar-refractivity contribution in [2.24, 2.45) is 0 Å². The summed E-state index contributed by atoms with van der Waals surface area (Å²) in [5.74, 6) is -0.318. The first kappa shape index (κ1) is 11.8. The van der Waals surface area contributed by atoms with Crippen LogP contribution < -0.4 is 5.56 Å². The van der Waals surface area contributed by atoms with E-state index in [1.165, 1.54) is 12.1 Å². The van der Waals surface area contributed by atoms with Gasteiger partial charge in [0.25, 0.3) is 5.56 Å². The van der Waals surface area contributed by atoms with Gasteiger partial charge in [-0.3, -0.25) is 9.20 Å². The summed E-state index contributed by atoms with van der Waals surface area (Å²) in [7, 11) is 0. The van der Waals surface area contributed by atoms with Gasteiger partial charge in [0.1, 0.15) is 23.4 Å². The van der Waals surface area contributed by atoms with Gasteiger partial charge in [-0.15, -0.1) is 0 Å². The molecular formula is C16H10FN3O. The van der Waals surface area contributed by atoms with Gasteiger partial charge < -0.3 is 4.98 Å². The SMILES string of the molecule is O=c1[nH]c2ccccc2n2cnc(-c3ccc(F)cc3)c12. The van der Waals surface area contributed by atoms with Crippen LogP contribution in [0.1, 0.15) is 0 Å². The van der Waals surface area contributed by atoms with Crippen molar-refractivity contribution in [2.75, 3.05) is 0 Å². The first-order chi connectivity index (χ1) is 10.2. The molecule has 2 aromatic carbocycles. The number of nitrogens with zero attached hydrogens (tertiary/aromatic N) is 2. The van der Waals surface area contributed by atoms with Crippen LogP contribution in [0.15, 0.2) is 59.7 Å². The summed E-state index contributed by atoms with van der Waals surface area (Å²) in [6.07, 6.45) is 1.62. The van der Waals surface area contributed by atoms with E-state index in [1.807, 2.05) is 24.3 Å². The fraction of sp³-hybridized carbons (Fsp3) is 0. The highest BCUT2D eigenvalue weighted by atomic mass is 19.1. The monoisotopic (exact) mass is 279 g/mol. The summed E-state index contributed by atoms with van der Waals surface area (Å²) >= 11 is 0. The second-order valence-electron chi connectivity index (χ2n) is 4.79. The molecule has 0 aliphatic rings. The predicted molar refractivity (Wildman–Crippen MR) is 78.7 cm³/mol. The largest absolute Gasteiger partial charge is 0.319 e. The van der Waals surface area contributed by atoms with Crippen molar-refractivity contribution in [2.45, 2.75) is 0 Å². The van der Waals surface area contributed by atoms with Crippen LogP contribution in [0.3, 0.4) is 0 Å². The number of hydrogen-bond acceptors (Lipinski definition) is 2. The third-order valence-electron chi connectivity index (χ3n) is 3.51. The molecule has 21 heavy (non-hydrogen) atoms. The molecule has 0 saturated heterocycles. The third-order valence-corrected chi connectivity index (χ3v) is 3.51. The average Bonchev–Trinajstić information content (AvgIpc) is 2.94. The van der Waals surface area contributed by atoms with Crippen molar-refractivity contribution in [3.05, 3.63) is 71.0 Å². The van der Waals surface area contributed by atoms with Crippen molar-refractivity contribution >= 4 is 16.6 Å². The van der Waals surface area contributed by atoms with E-state index >= 15 is 0 Å². The Morgan fingerprint density at radius 3 is 2.62 bits per heavy atom. The number of halogens is 1. The second-order valence-corrected chi connectivity index (χ2v) is 4.79. The van der Waals surface area contributed by atoms with Gasteiger partial charge in [0, 0.05) is 5.56 Å². The number of para-hydroxylation sites is 2. The number of rotatable bonds is 1. The maximum atomic E-state index is 13.0. The maximum absolute atomic E-state index is 13.0. The standard InChI is InChI=1S/C16H10FN3O/c17-11-7-5-10(6-8-11)14-15-16(21)19-12-3-1-2-4-13(12)20(15)9-18-14/h1-9H,(H,19,21). The number of nitrogens with one attached hydrogen (secondary N) is 1. The van der Waals surface area contributed by atoms with Crippen molar-refractivity contribution in [3.8, 4) is 11.3 Å². The topological polar surface area (TPSA) is 50.2 Å². The Labute approximate surface area is 118 Å². The van der Waals surface area contributed by atoms with Crippen molar-refractivity contribution < 1.29 is 4.39 Å². The molecule has 0 fully saturated rings. The van der Waals surface area contributed by atoms with Crippen LogP contribution in [-0.4, -0.2) is 14.4 Å². The van der Waals surface area contributed by atoms with E-state index in [-0.39, 0.29) is 11.4 Å². The number of benzene rings is 2. The first-order valence-corrected chi connectivity index (χ1v) is 6.48. The van der Waals surface area contributed by atoms with E-state index in [9.17, 15) is 9.18 Å². The molecule has 0 aliphatic carbocycles. The number of aromatic nitrogens is 3. The normalized spacial score (nSPS) is 11.3. The molecular weight excluding hydrogens is 269 g/mol. The molecule has 0 aliphatic heterocycles. The summed E-state index contributed by atoms with van der Waals surface area (Å²) in [4.78, 5) is 19.5. The first-order valence-electron chi connectivity index (χ1n) is 6.48. The fourth-order valence-electron chi connectivity index (χ4n) is 2.54. The highest BCUT2D eigenvalue weighted by molar-refractivity contribution is 5.84. The van der Waals surface area contributed by atoms with Crippen LogP contribution in [0.4, 0.5) is 4.39 Å². The molecule has 0 radical (unpaired) electrons. The highest BCUT2D eigenvalue weighted by Gasteiger charge is 2.13. The van der Waals surface area contributed by atoms with Gasteiger partial charge in [0.15, 0.2) is 0 Å². The van der Waals surface area contributed by atoms with E-state index in [0.29, 0.717) is 16.8 Å². The van der Waals surface area contributed by atoms with Crippen LogP contribution in [0.5, 0.6) is 0 Å². The van der Waals surface area contributed by atoms with Crippen molar-refractivity contribution in [1.29, 1.82) is 0 Å². The van der Waals surface area contributed by atoms with Crippen LogP contribution in [0.25, 0.3) is 27.8 Å². The van der Waals surface area contributed by atoms with Crippen molar-refractivity contribution in [3.63, 3.8) is 0 Å². The van der Waals surface area contributed by atoms with Gasteiger partial charge in [-0.05, 0) is 36.4 Å². The van der Waals surface area contributed by atoms with E-state index in [0.717, 1.165) is 11.0 Å². The Kier molecular flexibility index (Phi) is 2.41. The van der Waals surface area contributed by atoms with Crippen LogP contribution in [-0.2, 0) is 0 Å². The third kappa shape index (κ3) is 1.74. The average molecular weight is 279 g/mol. The van der Waals surface area contributed by atoms with E-state index in [4.69, 9.17) is 0 Å². The Morgan fingerprint density at radius 1 is 1.05 bits per heavy atom. The zero-order chi connectivity index (χ0) is 14.4. The zero-order valence-corrected chi connectivity index (χ0v) is 10.9. The lowest BCUT2D eigenvalue weighted by atomic mass is 10.1. The lowest BCUT2D eigenvalue weighted by Gasteiger charge is -2.02. The summed E-state index contributed by atoms with van der Waals surface area (Å²) in [5, 5.41) is 0. The highest BCUT2D eigenvalue weighted by Crippen LogP contribution is 2.23. The van der Waals surface area contributed by atoms with Gasteiger partial charge in [-0.25, -0.2) is 9.37 Å². The smallest absolute Gasteiger partial charge is 0.275 e. The Hall–Kier alpha value is -2.95. The van der Waals surface area contributed by atoms with E-state index < -0.39 is 0 Å². The van der Waals surface area contributed by atoms with Gasteiger partial charge in [-0.1, -0.05) is 12.1 Å². The number of H-pyrrole nitrogens is 1. The van der Waals surface area contributed by atoms with Gasteiger partial charge in [0.2, 0.25) is 0 Å². The molecule has 0 amide bonds. The molecule has 0 saturated carbocycles. The predicted octanol–water partition coefficient (Wildman–Crippen LogP) is 2.98. The number of hydrogen-bond donors (Lipinski definition) is 1. The van der Waals surface area contributed by atoms with Crippen LogP contribution in [0, 0.1) is 5.82 Å². The van der Waals surface area contributed by atoms with Gasteiger partial charge in [0.05, 0.1) is 11.0 Å². The molecule has 2 heterocycles.